The van der Waals surface area contributed by atoms with Crippen molar-refractivity contribution in [3.05, 3.63) is 47.9 Å². The van der Waals surface area contributed by atoms with Gasteiger partial charge >= 0.3 is 0 Å². The van der Waals surface area contributed by atoms with Gasteiger partial charge in [-0.05, 0) is 24.3 Å². The van der Waals surface area contributed by atoms with Gasteiger partial charge in [-0.15, -0.1) is 0 Å². The minimum absolute atomic E-state index is 0.290. The summed E-state index contributed by atoms with van der Waals surface area (Å²) in [4.78, 5) is 16.0. The van der Waals surface area contributed by atoms with E-state index in [1.807, 2.05) is 6.07 Å². The number of carbonyl (C=O) groups excluding carboxylic acids is 1. The summed E-state index contributed by atoms with van der Waals surface area (Å²) >= 11 is 0. The molecule has 0 saturated carbocycles. The summed E-state index contributed by atoms with van der Waals surface area (Å²) in [7, 11) is 0. The summed E-state index contributed by atoms with van der Waals surface area (Å²) in [6.07, 6.45) is 1.05. The number of rotatable bonds is 2. The van der Waals surface area contributed by atoms with E-state index in [-0.39, 0.29) is 11.7 Å². The van der Waals surface area contributed by atoms with Crippen LogP contribution in [0.25, 0.3) is 0 Å². The number of nitrogens with zero attached hydrogens (tertiary/aromatic N) is 1. The molecule has 2 heterocycles. The Morgan fingerprint density at radius 2 is 2.25 bits per heavy atom. The first kappa shape index (κ1) is 12.4. The lowest BCUT2D eigenvalue weighted by atomic mass is 10.1. The number of pyridine rings is 1. The molecular weight excluding hydrogens is 261 g/mol. The van der Waals surface area contributed by atoms with Crippen LogP contribution in [0.2, 0.25) is 0 Å². The SMILES string of the molecule is O=C(Nc1ccc(F)cn1)c1cccc2c1OCCN2. The van der Waals surface area contributed by atoms with E-state index >= 15 is 0 Å². The Kier molecular flexibility index (Phi) is 3.20. The second-order valence-electron chi connectivity index (χ2n) is 4.27. The molecule has 0 fully saturated rings. The van der Waals surface area contributed by atoms with Crippen LogP contribution >= 0.6 is 0 Å². The van der Waals surface area contributed by atoms with Crippen LogP contribution in [-0.2, 0) is 0 Å². The van der Waals surface area contributed by atoms with Crippen LogP contribution in [0.4, 0.5) is 15.9 Å². The quantitative estimate of drug-likeness (QED) is 0.881. The summed E-state index contributed by atoms with van der Waals surface area (Å²) in [5.74, 6) is 0.0217. The Bertz CT molecular complexity index is 643. The van der Waals surface area contributed by atoms with Crippen molar-refractivity contribution >= 4 is 17.4 Å². The molecule has 5 nitrogen and oxygen atoms in total. The van der Waals surface area contributed by atoms with Crippen molar-refractivity contribution in [2.45, 2.75) is 0 Å². The summed E-state index contributed by atoms with van der Waals surface area (Å²) in [5.41, 5.74) is 1.21. The number of hydrogen-bond donors (Lipinski definition) is 2. The second-order valence-corrected chi connectivity index (χ2v) is 4.27. The van der Waals surface area contributed by atoms with Crippen molar-refractivity contribution in [3.8, 4) is 5.75 Å². The minimum atomic E-state index is -0.451. The molecule has 0 aliphatic carbocycles. The summed E-state index contributed by atoms with van der Waals surface area (Å²) in [6, 6.07) is 7.93. The zero-order valence-corrected chi connectivity index (χ0v) is 10.5. The van der Waals surface area contributed by atoms with E-state index in [4.69, 9.17) is 4.74 Å². The number of benzene rings is 1. The molecule has 6 heteroatoms. The van der Waals surface area contributed by atoms with E-state index in [0.29, 0.717) is 24.5 Å². The normalized spacial score (nSPS) is 12.8. The van der Waals surface area contributed by atoms with Gasteiger partial charge < -0.3 is 15.4 Å². The fourth-order valence-electron chi connectivity index (χ4n) is 1.98. The number of anilines is 2. The molecule has 2 aromatic rings. The lowest BCUT2D eigenvalue weighted by Gasteiger charge is -2.21. The van der Waals surface area contributed by atoms with Gasteiger partial charge in [0.1, 0.15) is 18.2 Å². The predicted molar refractivity (Wildman–Crippen MR) is 72.6 cm³/mol. The highest BCUT2D eigenvalue weighted by Crippen LogP contribution is 2.31. The van der Waals surface area contributed by atoms with Crippen LogP contribution in [0.15, 0.2) is 36.5 Å². The molecule has 0 unspecified atom stereocenters. The van der Waals surface area contributed by atoms with Gasteiger partial charge in [0.2, 0.25) is 0 Å². The molecule has 0 saturated heterocycles. The fraction of sp³-hybridized carbons (Fsp3) is 0.143. The maximum atomic E-state index is 12.8. The number of para-hydroxylation sites is 1. The van der Waals surface area contributed by atoms with E-state index in [1.54, 1.807) is 12.1 Å². The highest BCUT2D eigenvalue weighted by Gasteiger charge is 2.19. The molecular formula is C14H12FN3O2. The Balaban J connectivity index is 1.85. The van der Waals surface area contributed by atoms with Gasteiger partial charge in [0.25, 0.3) is 5.91 Å². The van der Waals surface area contributed by atoms with Crippen molar-refractivity contribution in [1.82, 2.24) is 4.98 Å². The number of ether oxygens (including phenoxy) is 1. The molecule has 102 valence electrons. The average Bonchev–Trinajstić information content (AvgIpc) is 2.49. The Labute approximate surface area is 114 Å². The van der Waals surface area contributed by atoms with Crippen LogP contribution < -0.4 is 15.4 Å². The molecule has 1 aliphatic rings. The smallest absolute Gasteiger partial charge is 0.260 e. The second kappa shape index (κ2) is 5.16. The maximum Gasteiger partial charge on any atom is 0.260 e. The molecule has 0 bridgehead atoms. The molecule has 1 amide bonds. The van der Waals surface area contributed by atoms with Crippen LogP contribution in [0.3, 0.4) is 0 Å². The minimum Gasteiger partial charge on any atom is -0.489 e. The first-order valence-corrected chi connectivity index (χ1v) is 6.16. The van der Waals surface area contributed by atoms with Gasteiger partial charge in [-0.2, -0.15) is 0 Å². The summed E-state index contributed by atoms with van der Waals surface area (Å²) in [5, 5.41) is 5.77. The van der Waals surface area contributed by atoms with Crippen molar-refractivity contribution in [1.29, 1.82) is 0 Å². The van der Waals surface area contributed by atoms with Crippen molar-refractivity contribution in [3.63, 3.8) is 0 Å². The van der Waals surface area contributed by atoms with Crippen molar-refractivity contribution in [2.24, 2.45) is 0 Å². The number of nitrogens with one attached hydrogen (secondary N) is 2. The molecule has 1 aliphatic heterocycles. The van der Waals surface area contributed by atoms with E-state index in [9.17, 15) is 9.18 Å². The van der Waals surface area contributed by atoms with E-state index in [1.165, 1.54) is 12.1 Å². The third kappa shape index (κ3) is 2.40. The first-order chi connectivity index (χ1) is 9.74. The van der Waals surface area contributed by atoms with Crippen LogP contribution in [-0.4, -0.2) is 24.0 Å². The number of hydrogen-bond acceptors (Lipinski definition) is 4. The van der Waals surface area contributed by atoms with Crippen molar-refractivity contribution in [2.75, 3.05) is 23.8 Å². The lowest BCUT2D eigenvalue weighted by molar-refractivity contribution is 0.102. The van der Waals surface area contributed by atoms with Crippen LogP contribution in [0, 0.1) is 5.82 Å². The van der Waals surface area contributed by atoms with Crippen LogP contribution in [0.1, 0.15) is 10.4 Å². The number of amides is 1. The fourth-order valence-corrected chi connectivity index (χ4v) is 1.98. The molecule has 0 radical (unpaired) electrons. The molecule has 0 atom stereocenters. The van der Waals surface area contributed by atoms with Gasteiger partial charge in [0.05, 0.1) is 17.4 Å². The Morgan fingerprint density at radius 3 is 3.05 bits per heavy atom. The largest absolute Gasteiger partial charge is 0.489 e. The van der Waals surface area contributed by atoms with Gasteiger partial charge in [-0.3, -0.25) is 4.79 Å². The van der Waals surface area contributed by atoms with Gasteiger partial charge in [0.15, 0.2) is 5.75 Å². The topological polar surface area (TPSA) is 63.2 Å². The molecule has 1 aromatic carbocycles. The molecule has 0 spiro atoms. The predicted octanol–water partition coefficient (Wildman–Crippen LogP) is 2.28. The summed E-state index contributed by atoms with van der Waals surface area (Å²) in [6.45, 7) is 1.21. The standard InChI is InChI=1S/C14H12FN3O2/c15-9-4-5-12(17-8-9)18-14(19)10-2-1-3-11-13(10)20-7-6-16-11/h1-5,8,16H,6-7H2,(H,17,18,19). The highest BCUT2D eigenvalue weighted by molar-refractivity contribution is 6.07. The zero-order chi connectivity index (χ0) is 13.9. The molecule has 3 rings (SSSR count). The number of fused-ring (bicyclic) bond motifs is 1. The first-order valence-electron chi connectivity index (χ1n) is 6.16. The Morgan fingerprint density at radius 1 is 1.35 bits per heavy atom. The highest BCUT2D eigenvalue weighted by atomic mass is 19.1. The third-order valence-corrected chi connectivity index (χ3v) is 2.89. The van der Waals surface area contributed by atoms with Gasteiger partial charge in [0, 0.05) is 6.54 Å². The van der Waals surface area contributed by atoms with Gasteiger partial charge in [-0.25, -0.2) is 9.37 Å². The monoisotopic (exact) mass is 273 g/mol. The summed E-state index contributed by atoms with van der Waals surface area (Å²) < 4.78 is 18.3. The number of halogens is 1. The number of carbonyl (C=O) groups is 1. The molecule has 1 aromatic heterocycles. The average molecular weight is 273 g/mol. The third-order valence-electron chi connectivity index (χ3n) is 2.89. The van der Waals surface area contributed by atoms with Crippen LogP contribution in [0.5, 0.6) is 5.75 Å². The zero-order valence-electron chi connectivity index (χ0n) is 10.5. The number of aromatic nitrogens is 1. The Hall–Kier alpha value is -2.63. The van der Waals surface area contributed by atoms with Gasteiger partial charge in [-0.1, -0.05) is 6.07 Å². The van der Waals surface area contributed by atoms with E-state index < -0.39 is 5.82 Å². The van der Waals surface area contributed by atoms with Crippen molar-refractivity contribution < 1.29 is 13.9 Å². The lowest BCUT2D eigenvalue weighted by Crippen LogP contribution is -2.22. The van der Waals surface area contributed by atoms with E-state index in [2.05, 4.69) is 15.6 Å². The van der Waals surface area contributed by atoms with E-state index in [0.717, 1.165) is 11.9 Å². The molecule has 20 heavy (non-hydrogen) atoms. The maximum absolute atomic E-state index is 12.8. The molecule has 2 N–H and O–H groups in total.